The zero-order valence-corrected chi connectivity index (χ0v) is 16.6. The van der Waals surface area contributed by atoms with Crippen LogP contribution in [0.3, 0.4) is 0 Å². The summed E-state index contributed by atoms with van der Waals surface area (Å²) in [4.78, 5) is 6.77. The van der Waals surface area contributed by atoms with Crippen molar-refractivity contribution in [2.75, 3.05) is 39.5 Å². The highest BCUT2D eigenvalue weighted by Gasteiger charge is 2.32. The predicted molar refractivity (Wildman–Crippen MR) is 103 cm³/mol. The number of benzene rings is 1. The molecule has 0 aliphatic carbocycles. The van der Waals surface area contributed by atoms with E-state index in [-0.39, 0.29) is 24.5 Å². The minimum Gasteiger partial charge on any atom is -0.484 e. The van der Waals surface area contributed by atoms with Gasteiger partial charge in [0.05, 0.1) is 19.3 Å². The summed E-state index contributed by atoms with van der Waals surface area (Å²) in [6.07, 6.45) is -2.23. The van der Waals surface area contributed by atoms with Crippen molar-refractivity contribution in [3.8, 4) is 5.75 Å². The number of para-hydroxylation sites is 1. The zero-order valence-electron chi connectivity index (χ0n) is 16.6. The van der Waals surface area contributed by atoms with Gasteiger partial charge in [-0.2, -0.15) is 13.2 Å². The number of guanidine groups is 1. The molecule has 2 fully saturated rings. The third-order valence-electron chi connectivity index (χ3n) is 4.87. The number of nitrogens with zero attached hydrogens (tertiary/aromatic N) is 2. The van der Waals surface area contributed by atoms with Crippen molar-refractivity contribution in [3.63, 3.8) is 0 Å². The van der Waals surface area contributed by atoms with Crippen molar-refractivity contribution < 1.29 is 27.4 Å². The van der Waals surface area contributed by atoms with E-state index >= 15 is 0 Å². The van der Waals surface area contributed by atoms with E-state index in [4.69, 9.17) is 14.2 Å². The monoisotopic (exact) mass is 415 g/mol. The predicted octanol–water partition coefficient (Wildman–Crippen LogP) is 2.97. The lowest BCUT2D eigenvalue weighted by Gasteiger charge is -2.37. The van der Waals surface area contributed by atoms with Crippen LogP contribution in [0.4, 0.5) is 13.2 Å². The molecule has 0 aromatic heterocycles. The lowest BCUT2D eigenvalue weighted by atomic mass is 10.1. The average Bonchev–Trinajstić information content (AvgIpc) is 3.25. The Labute approximate surface area is 169 Å². The van der Waals surface area contributed by atoms with Crippen LogP contribution in [0.2, 0.25) is 0 Å². The Morgan fingerprint density at radius 2 is 2.03 bits per heavy atom. The van der Waals surface area contributed by atoms with Gasteiger partial charge < -0.3 is 24.4 Å². The van der Waals surface area contributed by atoms with E-state index in [0.717, 1.165) is 19.4 Å². The molecule has 2 unspecified atom stereocenters. The second kappa shape index (κ2) is 10.2. The van der Waals surface area contributed by atoms with Crippen LogP contribution in [-0.2, 0) is 16.0 Å². The highest BCUT2D eigenvalue weighted by molar-refractivity contribution is 5.80. The molecule has 2 aliphatic rings. The summed E-state index contributed by atoms with van der Waals surface area (Å²) < 4.78 is 54.1. The Morgan fingerprint density at radius 1 is 1.24 bits per heavy atom. The molecule has 1 N–H and O–H groups in total. The maximum absolute atomic E-state index is 12.5. The fourth-order valence-corrected chi connectivity index (χ4v) is 3.51. The van der Waals surface area contributed by atoms with Crippen LogP contribution in [-0.4, -0.2) is 68.7 Å². The Bertz CT molecular complexity index is 678. The number of morpholine rings is 1. The quantitative estimate of drug-likeness (QED) is 0.572. The van der Waals surface area contributed by atoms with Gasteiger partial charge in [-0.15, -0.1) is 0 Å². The van der Waals surface area contributed by atoms with Crippen LogP contribution < -0.4 is 10.1 Å². The van der Waals surface area contributed by atoms with Crippen molar-refractivity contribution in [3.05, 3.63) is 29.8 Å². The molecule has 0 amide bonds. The summed E-state index contributed by atoms with van der Waals surface area (Å²) in [6, 6.07) is 6.68. The standard InChI is InChI=1S/C20H28F3N3O3/c1-2-24-19(26-9-11-28-18(13-26)17-8-5-10-27-17)25-12-15-6-3-4-7-16(15)29-14-20(21,22)23/h3-4,6-7,17-18H,2,5,8-14H2,1H3,(H,24,25). The minimum absolute atomic E-state index is 0.00230. The highest BCUT2D eigenvalue weighted by atomic mass is 19.4. The minimum atomic E-state index is -4.38. The molecule has 6 nitrogen and oxygen atoms in total. The number of ether oxygens (including phenoxy) is 3. The van der Waals surface area contributed by atoms with E-state index in [0.29, 0.717) is 37.8 Å². The molecule has 2 atom stereocenters. The second-order valence-electron chi connectivity index (χ2n) is 7.09. The van der Waals surface area contributed by atoms with Crippen LogP contribution in [0, 0.1) is 0 Å². The van der Waals surface area contributed by atoms with Crippen LogP contribution in [0.25, 0.3) is 0 Å². The summed E-state index contributed by atoms with van der Waals surface area (Å²) in [5.41, 5.74) is 0.607. The lowest BCUT2D eigenvalue weighted by molar-refractivity contribution is -0.153. The average molecular weight is 415 g/mol. The molecule has 3 rings (SSSR count). The molecule has 1 aromatic rings. The van der Waals surface area contributed by atoms with Crippen LogP contribution in [0.5, 0.6) is 5.75 Å². The molecule has 1 aromatic carbocycles. The maximum Gasteiger partial charge on any atom is 0.422 e. The molecule has 29 heavy (non-hydrogen) atoms. The van der Waals surface area contributed by atoms with Gasteiger partial charge in [0, 0.05) is 31.8 Å². The first-order valence-corrected chi connectivity index (χ1v) is 10.00. The van der Waals surface area contributed by atoms with Gasteiger partial charge in [-0.05, 0) is 25.8 Å². The molecule has 162 valence electrons. The Hall–Kier alpha value is -2.00. The molecule has 0 radical (unpaired) electrons. The van der Waals surface area contributed by atoms with Gasteiger partial charge in [0.2, 0.25) is 0 Å². The third kappa shape index (κ3) is 6.50. The zero-order chi connectivity index (χ0) is 20.7. The van der Waals surface area contributed by atoms with E-state index in [1.807, 2.05) is 6.92 Å². The highest BCUT2D eigenvalue weighted by Crippen LogP contribution is 2.24. The number of aliphatic imine (C=N–C) groups is 1. The smallest absolute Gasteiger partial charge is 0.422 e. The molecular weight excluding hydrogens is 387 g/mol. The van der Waals surface area contributed by atoms with E-state index < -0.39 is 12.8 Å². The van der Waals surface area contributed by atoms with Crippen LogP contribution in [0.1, 0.15) is 25.3 Å². The molecular formula is C20H28F3N3O3. The fourth-order valence-electron chi connectivity index (χ4n) is 3.51. The SMILES string of the molecule is CCNC(=NCc1ccccc1OCC(F)(F)F)N1CCOC(C2CCCO2)C1. The lowest BCUT2D eigenvalue weighted by Crippen LogP contribution is -2.53. The summed E-state index contributed by atoms with van der Waals surface area (Å²) in [5, 5.41) is 3.27. The first kappa shape index (κ1) is 21.7. The number of halogens is 3. The molecule has 0 saturated carbocycles. The van der Waals surface area contributed by atoms with Gasteiger partial charge in [0.25, 0.3) is 0 Å². The first-order valence-electron chi connectivity index (χ1n) is 10.00. The molecule has 9 heteroatoms. The molecule has 0 spiro atoms. The Kier molecular flexibility index (Phi) is 7.60. The second-order valence-corrected chi connectivity index (χ2v) is 7.09. The number of hydrogen-bond donors (Lipinski definition) is 1. The summed E-state index contributed by atoms with van der Waals surface area (Å²) in [6.45, 7) is 4.29. The van der Waals surface area contributed by atoms with Gasteiger partial charge in [0.1, 0.15) is 11.9 Å². The summed E-state index contributed by atoms with van der Waals surface area (Å²) >= 11 is 0. The van der Waals surface area contributed by atoms with Crippen molar-refractivity contribution in [2.24, 2.45) is 4.99 Å². The molecule has 2 saturated heterocycles. The van der Waals surface area contributed by atoms with Crippen molar-refractivity contribution in [1.82, 2.24) is 10.2 Å². The Balaban J connectivity index is 1.67. The molecule has 2 heterocycles. The fraction of sp³-hybridized carbons (Fsp3) is 0.650. The Morgan fingerprint density at radius 3 is 2.76 bits per heavy atom. The maximum atomic E-state index is 12.5. The van der Waals surface area contributed by atoms with Gasteiger partial charge in [0.15, 0.2) is 12.6 Å². The van der Waals surface area contributed by atoms with E-state index in [1.165, 1.54) is 6.07 Å². The van der Waals surface area contributed by atoms with Crippen molar-refractivity contribution in [2.45, 2.75) is 44.7 Å². The van der Waals surface area contributed by atoms with Crippen LogP contribution in [0.15, 0.2) is 29.3 Å². The topological polar surface area (TPSA) is 55.3 Å². The van der Waals surface area contributed by atoms with E-state index in [2.05, 4.69) is 15.2 Å². The van der Waals surface area contributed by atoms with Crippen molar-refractivity contribution >= 4 is 5.96 Å². The number of nitrogens with one attached hydrogen (secondary N) is 1. The largest absolute Gasteiger partial charge is 0.484 e. The number of rotatable bonds is 6. The summed E-state index contributed by atoms with van der Waals surface area (Å²) in [5.74, 6) is 0.910. The third-order valence-corrected chi connectivity index (χ3v) is 4.87. The van der Waals surface area contributed by atoms with E-state index in [1.54, 1.807) is 18.2 Å². The summed E-state index contributed by atoms with van der Waals surface area (Å²) in [7, 11) is 0. The van der Waals surface area contributed by atoms with Gasteiger partial charge in [-0.25, -0.2) is 4.99 Å². The van der Waals surface area contributed by atoms with Gasteiger partial charge in [-0.1, -0.05) is 18.2 Å². The van der Waals surface area contributed by atoms with E-state index in [9.17, 15) is 13.2 Å². The van der Waals surface area contributed by atoms with Gasteiger partial charge >= 0.3 is 6.18 Å². The number of alkyl halides is 3. The number of hydrogen-bond acceptors (Lipinski definition) is 4. The first-order chi connectivity index (χ1) is 14.0. The molecule has 2 aliphatic heterocycles. The molecule has 0 bridgehead atoms. The van der Waals surface area contributed by atoms with Crippen LogP contribution >= 0.6 is 0 Å². The van der Waals surface area contributed by atoms with Crippen molar-refractivity contribution in [1.29, 1.82) is 0 Å². The van der Waals surface area contributed by atoms with Gasteiger partial charge in [-0.3, -0.25) is 0 Å². The normalized spacial score (nSPS) is 23.3.